The van der Waals surface area contributed by atoms with Crippen LogP contribution in [-0.4, -0.2) is 15.2 Å². The molecule has 4 aromatic rings. The minimum Gasteiger partial charge on any atom is -0.331 e. The number of nitrogens with zero attached hydrogens (tertiary/aromatic N) is 2. The Kier molecular flexibility index (Phi) is 2.52. The normalized spacial score (nSPS) is 13.7. The summed E-state index contributed by atoms with van der Waals surface area (Å²) in [4.78, 5) is 12.5. The van der Waals surface area contributed by atoms with Gasteiger partial charge in [0, 0.05) is 28.0 Å². The topological polar surface area (TPSA) is 39.0 Å². The molecule has 1 amide bonds. The summed E-state index contributed by atoms with van der Waals surface area (Å²) >= 11 is 0. The van der Waals surface area contributed by atoms with Gasteiger partial charge in [-0.25, -0.2) is 0 Å². The molecule has 0 saturated carbocycles. The molecular weight excluding hydrogens is 298 g/mol. The summed E-state index contributed by atoms with van der Waals surface area (Å²) in [5.74, 6) is -0.0124. The lowest BCUT2D eigenvalue weighted by Crippen LogP contribution is -2.28. The molecule has 2 aromatic carbocycles. The van der Waals surface area contributed by atoms with E-state index in [4.69, 9.17) is 0 Å². The maximum Gasteiger partial charge on any atom is 0.258 e. The number of carbonyl (C=O) groups is 1. The Morgan fingerprint density at radius 2 is 1.96 bits per heavy atom. The third-order valence-corrected chi connectivity index (χ3v) is 4.99. The van der Waals surface area contributed by atoms with E-state index in [1.54, 1.807) is 0 Å². The molecule has 0 fully saturated rings. The molecule has 0 atom stereocenters. The number of rotatable bonds is 0. The molecule has 3 heterocycles. The van der Waals surface area contributed by atoms with Crippen LogP contribution < -0.4 is 5.43 Å². The number of hydrogen-bond donors (Lipinski definition) is 1. The van der Waals surface area contributed by atoms with Crippen LogP contribution in [0.3, 0.4) is 0 Å². The summed E-state index contributed by atoms with van der Waals surface area (Å²) in [6.45, 7) is 4.55. The third kappa shape index (κ3) is 1.65. The molecule has 2 aromatic heterocycles. The van der Waals surface area contributed by atoms with Crippen molar-refractivity contribution >= 4 is 27.7 Å². The first kappa shape index (κ1) is 13.4. The number of para-hydroxylation sites is 1. The molecule has 0 bridgehead atoms. The highest BCUT2D eigenvalue weighted by Crippen LogP contribution is 2.38. The first-order valence-electron chi connectivity index (χ1n) is 8.13. The number of aromatic nitrogens is 2. The van der Waals surface area contributed by atoms with Crippen LogP contribution in [0.5, 0.6) is 0 Å². The fourth-order valence-electron chi connectivity index (χ4n) is 3.94. The van der Waals surface area contributed by atoms with E-state index in [0.717, 1.165) is 27.7 Å². The smallest absolute Gasteiger partial charge is 0.258 e. The van der Waals surface area contributed by atoms with Crippen LogP contribution in [-0.2, 0) is 11.3 Å². The largest absolute Gasteiger partial charge is 0.331 e. The van der Waals surface area contributed by atoms with E-state index in [0.29, 0.717) is 6.54 Å². The first-order valence-corrected chi connectivity index (χ1v) is 8.13. The predicted molar refractivity (Wildman–Crippen MR) is 96.7 cm³/mol. The van der Waals surface area contributed by atoms with Gasteiger partial charge in [0.1, 0.15) is 6.54 Å². The van der Waals surface area contributed by atoms with Crippen LogP contribution in [0.2, 0.25) is 0 Å². The summed E-state index contributed by atoms with van der Waals surface area (Å²) in [5, 5.41) is 2.34. The Morgan fingerprint density at radius 3 is 2.83 bits per heavy atom. The second-order valence-electron chi connectivity index (χ2n) is 6.54. The Balaban J connectivity index is 2.00. The summed E-state index contributed by atoms with van der Waals surface area (Å²) in [7, 11) is 0. The Bertz CT molecular complexity index is 1150. The molecule has 24 heavy (non-hydrogen) atoms. The van der Waals surface area contributed by atoms with E-state index in [-0.39, 0.29) is 5.91 Å². The third-order valence-electron chi connectivity index (χ3n) is 4.99. The second-order valence-corrected chi connectivity index (χ2v) is 6.54. The van der Waals surface area contributed by atoms with Crippen LogP contribution in [0.1, 0.15) is 11.1 Å². The van der Waals surface area contributed by atoms with Crippen molar-refractivity contribution in [1.29, 1.82) is 0 Å². The number of carbonyl (C=O) groups excluding carboxylic acids is 1. The lowest BCUT2D eigenvalue weighted by Gasteiger charge is -2.19. The van der Waals surface area contributed by atoms with Gasteiger partial charge in [0.2, 0.25) is 0 Å². The van der Waals surface area contributed by atoms with Crippen LogP contribution >= 0.6 is 0 Å². The molecule has 1 aliphatic heterocycles. The van der Waals surface area contributed by atoms with Crippen LogP contribution in [0.4, 0.5) is 0 Å². The molecule has 1 N–H and O–H groups in total. The number of benzene rings is 2. The summed E-state index contributed by atoms with van der Waals surface area (Å²) in [5.41, 5.74) is 9.88. The first-order chi connectivity index (χ1) is 11.6. The number of fused-ring (bicyclic) bond motifs is 4. The van der Waals surface area contributed by atoms with E-state index in [2.05, 4.69) is 60.2 Å². The van der Waals surface area contributed by atoms with Crippen molar-refractivity contribution in [3.05, 3.63) is 59.8 Å². The van der Waals surface area contributed by atoms with Gasteiger partial charge in [0.25, 0.3) is 5.91 Å². The predicted octanol–water partition coefficient (Wildman–Crippen LogP) is 3.96. The van der Waals surface area contributed by atoms with Crippen molar-refractivity contribution in [2.24, 2.45) is 0 Å². The molecule has 0 unspecified atom stereocenters. The van der Waals surface area contributed by atoms with Crippen LogP contribution in [0, 0.1) is 13.8 Å². The SMILES string of the molecule is Cc1ccc2c(C)c3n(c2c1)CC(=O)Nn1ccc2cccc-3c21. The average molecular weight is 315 g/mol. The fraction of sp³-hybridized carbons (Fsp3) is 0.150. The second kappa shape index (κ2) is 4.51. The summed E-state index contributed by atoms with van der Waals surface area (Å²) in [6, 6.07) is 14.8. The van der Waals surface area contributed by atoms with Gasteiger partial charge >= 0.3 is 0 Å². The standard InChI is InChI=1S/C20H17N3O/c1-12-6-7-15-13(2)19-16-5-3-4-14-8-9-23(20(14)16)21-18(24)11-22(19)17(15)10-12/h3-10H,11H2,1-2H3,(H,21,24). The van der Waals surface area contributed by atoms with E-state index in [1.807, 2.05) is 16.9 Å². The molecule has 4 nitrogen and oxygen atoms in total. The molecule has 0 aliphatic carbocycles. The number of nitrogens with one attached hydrogen (secondary N) is 1. The van der Waals surface area contributed by atoms with Gasteiger partial charge in [-0.3, -0.25) is 14.9 Å². The monoisotopic (exact) mass is 315 g/mol. The van der Waals surface area contributed by atoms with E-state index in [1.165, 1.54) is 16.5 Å². The zero-order chi connectivity index (χ0) is 16.4. The summed E-state index contributed by atoms with van der Waals surface area (Å²) in [6.07, 6.45) is 1.92. The minimum atomic E-state index is -0.0124. The highest BCUT2D eigenvalue weighted by Gasteiger charge is 2.23. The minimum absolute atomic E-state index is 0.0124. The van der Waals surface area contributed by atoms with Gasteiger partial charge in [-0.05, 0) is 37.1 Å². The van der Waals surface area contributed by atoms with Crippen molar-refractivity contribution in [2.75, 3.05) is 5.43 Å². The molecule has 5 rings (SSSR count). The van der Waals surface area contributed by atoms with Crippen LogP contribution in [0.15, 0.2) is 48.7 Å². The lowest BCUT2D eigenvalue weighted by molar-refractivity contribution is -0.117. The number of amides is 1. The Hall–Kier alpha value is -3.01. The van der Waals surface area contributed by atoms with E-state index >= 15 is 0 Å². The maximum atomic E-state index is 12.5. The van der Waals surface area contributed by atoms with Crippen LogP contribution in [0.25, 0.3) is 33.1 Å². The number of aryl methyl sites for hydroxylation is 2. The zero-order valence-electron chi connectivity index (χ0n) is 13.6. The highest BCUT2D eigenvalue weighted by molar-refractivity contribution is 6.03. The van der Waals surface area contributed by atoms with E-state index in [9.17, 15) is 4.79 Å². The van der Waals surface area contributed by atoms with Crippen molar-refractivity contribution in [2.45, 2.75) is 20.4 Å². The molecule has 4 heteroatoms. The fourth-order valence-corrected chi connectivity index (χ4v) is 3.94. The van der Waals surface area contributed by atoms with Gasteiger partial charge < -0.3 is 4.57 Å². The highest BCUT2D eigenvalue weighted by atomic mass is 16.2. The molecular formula is C20H17N3O. The van der Waals surface area contributed by atoms with Gasteiger partial charge in [-0.1, -0.05) is 30.3 Å². The number of hydrogen-bond acceptors (Lipinski definition) is 1. The average Bonchev–Trinajstić information content (AvgIpc) is 3.06. The Morgan fingerprint density at radius 1 is 1.08 bits per heavy atom. The van der Waals surface area contributed by atoms with Gasteiger partial charge in [-0.2, -0.15) is 0 Å². The summed E-state index contributed by atoms with van der Waals surface area (Å²) < 4.78 is 4.00. The molecule has 1 aliphatic rings. The van der Waals surface area contributed by atoms with Gasteiger partial charge in [0.15, 0.2) is 0 Å². The lowest BCUT2D eigenvalue weighted by atomic mass is 10.0. The molecule has 0 spiro atoms. The molecule has 118 valence electrons. The molecule has 0 radical (unpaired) electrons. The van der Waals surface area contributed by atoms with E-state index < -0.39 is 0 Å². The maximum absolute atomic E-state index is 12.5. The van der Waals surface area contributed by atoms with Crippen molar-refractivity contribution in [3.63, 3.8) is 0 Å². The Labute approximate surface area is 139 Å². The zero-order valence-corrected chi connectivity index (χ0v) is 13.6. The van der Waals surface area contributed by atoms with Crippen molar-refractivity contribution in [1.82, 2.24) is 9.24 Å². The van der Waals surface area contributed by atoms with Crippen molar-refractivity contribution in [3.8, 4) is 11.3 Å². The molecule has 0 saturated heterocycles. The van der Waals surface area contributed by atoms with Crippen molar-refractivity contribution < 1.29 is 4.79 Å². The van der Waals surface area contributed by atoms with Gasteiger partial charge in [0.05, 0.1) is 11.2 Å². The quantitative estimate of drug-likeness (QED) is 0.524. The van der Waals surface area contributed by atoms with Gasteiger partial charge in [-0.15, -0.1) is 0 Å².